The van der Waals surface area contributed by atoms with Crippen LogP contribution in [0.1, 0.15) is 54.8 Å². The highest BCUT2D eigenvalue weighted by molar-refractivity contribution is 6.00. The lowest BCUT2D eigenvalue weighted by Gasteiger charge is -2.28. The van der Waals surface area contributed by atoms with Gasteiger partial charge in [0.15, 0.2) is 5.75 Å². The fourth-order valence-corrected chi connectivity index (χ4v) is 4.04. The summed E-state index contributed by atoms with van der Waals surface area (Å²) >= 11 is 0. The molecule has 4 rings (SSSR count). The highest BCUT2D eigenvalue weighted by atomic mass is 19.4. The van der Waals surface area contributed by atoms with Crippen LogP contribution in [-0.2, 0) is 9.53 Å². The summed E-state index contributed by atoms with van der Waals surface area (Å²) in [6.45, 7) is 1.41. The number of carbonyl (C=O) groups is 2. The first-order valence-electron chi connectivity index (χ1n) is 11.2. The Morgan fingerprint density at radius 1 is 1.00 bits per heavy atom. The zero-order valence-corrected chi connectivity index (χ0v) is 19.2. The van der Waals surface area contributed by atoms with Gasteiger partial charge in [-0.15, -0.1) is 18.3 Å². The molecule has 1 aromatic heterocycles. The molecule has 1 saturated carbocycles. The van der Waals surface area contributed by atoms with Crippen molar-refractivity contribution >= 4 is 29.3 Å². The second-order valence-corrected chi connectivity index (χ2v) is 8.24. The first kappa shape index (κ1) is 25.0. The molecule has 36 heavy (non-hydrogen) atoms. The number of nitrogens with one attached hydrogen (secondary N) is 2. The summed E-state index contributed by atoms with van der Waals surface area (Å²) in [6.07, 6.45) is -1.49. The molecular formula is C24H23F3N4O5. The summed E-state index contributed by atoms with van der Waals surface area (Å²) in [5.74, 6) is -1.46. The van der Waals surface area contributed by atoms with Gasteiger partial charge in [0.2, 0.25) is 0 Å². The van der Waals surface area contributed by atoms with Crippen LogP contribution in [0.5, 0.6) is 5.75 Å². The molecular weight excluding hydrogens is 481 g/mol. The molecule has 1 aliphatic rings. The number of esters is 1. The maximum atomic E-state index is 12.6. The van der Waals surface area contributed by atoms with E-state index in [1.54, 1.807) is 12.1 Å². The SMILES string of the molecule is CC(=O)OC1CCC(c2ccc(NC(=O)c3nnc(Nc4ccccc4OC(F)(F)F)o3)cc2)CC1. The summed E-state index contributed by atoms with van der Waals surface area (Å²) in [6, 6.07) is 12.4. The Morgan fingerprint density at radius 2 is 1.69 bits per heavy atom. The fraction of sp³-hybridized carbons (Fsp3) is 0.333. The molecule has 1 fully saturated rings. The number of amides is 1. The van der Waals surface area contributed by atoms with Crippen molar-refractivity contribution in [1.82, 2.24) is 10.2 Å². The number of benzene rings is 2. The van der Waals surface area contributed by atoms with Crippen LogP contribution in [0.3, 0.4) is 0 Å². The molecule has 12 heteroatoms. The molecule has 9 nitrogen and oxygen atoms in total. The number of hydrogen-bond donors (Lipinski definition) is 2. The summed E-state index contributed by atoms with van der Waals surface area (Å²) in [4.78, 5) is 23.6. The van der Waals surface area contributed by atoms with Gasteiger partial charge < -0.3 is 24.5 Å². The van der Waals surface area contributed by atoms with Crippen LogP contribution < -0.4 is 15.4 Å². The van der Waals surface area contributed by atoms with Crippen LogP contribution in [0, 0.1) is 0 Å². The summed E-state index contributed by atoms with van der Waals surface area (Å²) in [5.41, 5.74) is 1.56. The van der Waals surface area contributed by atoms with Gasteiger partial charge in [-0.05, 0) is 61.4 Å². The summed E-state index contributed by atoms with van der Waals surface area (Å²) < 4.78 is 52.3. The Kier molecular flexibility index (Phi) is 7.41. The third kappa shape index (κ3) is 6.74. The van der Waals surface area contributed by atoms with Crippen LogP contribution in [-0.4, -0.2) is 34.5 Å². The smallest absolute Gasteiger partial charge is 0.463 e. The molecule has 0 bridgehead atoms. The Morgan fingerprint density at radius 3 is 2.36 bits per heavy atom. The Bertz CT molecular complexity index is 1200. The number of para-hydroxylation sites is 2. The summed E-state index contributed by atoms with van der Waals surface area (Å²) in [7, 11) is 0. The van der Waals surface area contributed by atoms with Crippen molar-refractivity contribution in [1.29, 1.82) is 0 Å². The highest BCUT2D eigenvalue weighted by Gasteiger charge is 2.32. The lowest BCUT2D eigenvalue weighted by atomic mass is 9.82. The van der Waals surface area contributed by atoms with Gasteiger partial charge in [-0.1, -0.05) is 29.4 Å². The third-order valence-corrected chi connectivity index (χ3v) is 5.62. The zero-order valence-electron chi connectivity index (χ0n) is 19.2. The molecule has 1 heterocycles. The average molecular weight is 504 g/mol. The predicted molar refractivity (Wildman–Crippen MR) is 122 cm³/mol. The lowest BCUT2D eigenvalue weighted by Crippen LogP contribution is -2.22. The Hall–Kier alpha value is -4.09. The monoisotopic (exact) mass is 504 g/mol. The first-order chi connectivity index (χ1) is 17.2. The number of ether oxygens (including phenoxy) is 2. The maximum Gasteiger partial charge on any atom is 0.573 e. The van der Waals surface area contributed by atoms with Gasteiger partial charge in [-0.25, -0.2) is 0 Å². The van der Waals surface area contributed by atoms with Gasteiger partial charge in [-0.3, -0.25) is 9.59 Å². The van der Waals surface area contributed by atoms with Gasteiger partial charge >= 0.3 is 30.1 Å². The Labute approximate surface area is 204 Å². The van der Waals surface area contributed by atoms with Gasteiger partial charge in [0.05, 0.1) is 5.69 Å². The minimum Gasteiger partial charge on any atom is -0.463 e. The minimum absolute atomic E-state index is 0.0308. The first-order valence-corrected chi connectivity index (χ1v) is 11.2. The van der Waals surface area contributed by atoms with E-state index < -0.39 is 18.0 Å². The minimum atomic E-state index is -4.88. The average Bonchev–Trinajstić information content (AvgIpc) is 3.29. The van der Waals surface area contributed by atoms with E-state index in [1.807, 2.05) is 12.1 Å². The van der Waals surface area contributed by atoms with E-state index in [9.17, 15) is 22.8 Å². The Balaban J connectivity index is 1.33. The predicted octanol–water partition coefficient (Wildman–Crippen LogP) is 5.55. The number of hydrogen-bond acceptors (Lipinski definition) is 8. The van der Waals surface area contributed by atoms with E-state index in [1.165, 1.54) is 25.1 Å². The molecule has 2 aromatic carbocycles. The third-order valence-electron chi connectivity index (χ3n) is 5.62. The standard InChI is InChI=1S/C24H23F3N4O5/c1-14(32)34-18-12-8-16(9-13-18)15-6-10-17(11-7-15)28-21(33)22-30-31-23(35-22)29-19-4-2-3-5-20(19)36-24(25,26)27/h2-7,10-11,16,18H,8-9,12-13H2,1H3,(H,28,33)(H,29,31). The van der Waals surface area contributed by atoms with E-state index in [4.69, 9.17) is 9.15 Å². The number of alkyl halides is 3. The molecule has 1 aliphatic carbocycles. The largest absolute Gasteiger partial charge is 0.573 e. The number of halogens is 3. The van der Waals surface area contributed by atoms with Crippen LogP contribution >= 0.6 is 0 Å². The molecule has 0 radical (unpaired) electrons. The van der Waals surface area contributed by atoms with Crippen LogP contribution in [0.15, 0.2) is 52.9 Å². The van der Waals surface area contributed by atoms with Crippen molar-refractivity contribution in [2.24, 2.45) is 0 Å². The number of carbonyl (C=O) groups excluding carboxylic acids is 2. The van der Waals surface area contributed by atoms with Gasteiger partial charge in [0, 0.05) is 12.6 Å². The van der Waals surface area contributed by atoms with E-state index in [-0.39, 0.29) is 29.7 Å². The van der Waals surface area contributed by atoms with Crippen molar-refractivity contribution in [3.05, 3.63) is 60.0 Å². The molecule has 2 N–H and O–H groups in total. The molecule has 3 aromatic rings. The van der Waals surface area contributed by atoms with Crippen molar-refractivity contribution in [2.45, 2.75) is 51.0 Å². The molecule has 0 atom stereocenters. The normalized spacial score (nSPS) is 17.8. The van der Waals surface area contributed by atoms with Crippen molar-refractivity contribution in [3.63, 3.8) is 0 Å². The van der Waals surface area contributed by atoms with E-state index >= 15 is 0 Å². The molecule has 0 spiro atoms. The second-order valence-electron chi connectivity index (χ2n) is 8.24. The molecule has 1 amide bonds. The van der Waals surface area contributed by atoms with E-state index in [0.29, 0.717) is 11.6 Å². The number of rotatable bonds is 7. The molecule has 190 valence electrons. The topological polar surface area (TPSA) is 116 Å². The number of nitrogens with zero attached hydrogens (tertiary/aromatic N) is 2. The van der Waals surface area contributed by atoms with Crippen LogP contribution in [0.2, 0.25) is 0 Å². The van der Waals surface area contributed by atoms with Crippen LogP contribution in [0.25, 0.3) is 0 Å². The van der Waals surface area contributed by atoms with E-state index in [0.717, 1.165) is 37.3 Å². The molecule has 0 aliphatic heterocycles. The number of anilines is 3. The quantitative estimate of drug-likeness (QED) is 0.402. The zero-order chi connectivity index (χ0) is 25.7. The highest BCUT2D eigenvalue weighted by Crippen LogP contribution is 2.35. The molecule has 0 saturated heterocycles. The van der Waals surface area contributed by atoms with Crippen LogP contribution in [0.4, 0.5) is 30.6 Å². The fourth-order valence-electron chi connectivity index (χ4n) is 4.04. The number of aromatic nitrogens is 2. The van der Waals surface area contributed by atoms with Gasteiger partial charge in [-0.2, -0.15) is 0 Å². The van der Waals surface area contributed by atoms with Crippen molar-refractivity contribution in [3.8, 4) is 5.75 Å². The van der Waals surface area contributed by atoms with Gasteiger partial charge in [0.25, 0.3) is 0 Å². The van der Waals surface area contributed by atoms with Gasteiger partial charge in [0.1, 0.15) is 6.10 Å². The lowest BCUT2D eigenvalue weighted by molar-refractivity contribution is -0.274. The van der Waals surface area contributed by atoms with Crippen molar-refractivity contribution < 1.29 is 36.7 Å². The molecule has 0 unspecified atom stereocenters. The summed E-state index contributed by atoms with van der Waals surface area (Å²) in [5, 5.41) is 12.5. The maximum absolute atomic E-state index is 12.6. The second kappa shape index (κ2) is 10.7. The van der Waals surface area contributed by atoms with Crippen molar-refractivity contribution in [2.75, 3.05) is 10.6 Å². The van der Waals surface area contributed by atoms with E-state index in [2.05, 4.69) is 25.6 Å².